The minimum Gasteiger partial charge on any atom is -0.303 e. The molecule has 0 saturated carbocycles. The molecule has 3 rings (SSSR count). The molecular formula is C15H18N2. The Bertz CT molecular complexity index is 434. The fourth-order valence-corrected chi connectivity index (χ4v) is 3.53. The maximum atomic E-state index is 9.74. The van der Waals surface area contributed by atoms with Crippen LogP contribution < -0.4 is 0 Å². The molecule has 2 fully saturated rings. The largest absolute Gasteiger partial charge is 0.303 e. The number of rotatable bonds is 1. The molecule has 0 aromatic heterocycles. The molecule has 2 bridgehead atoms. The summed E-state index contributed by atoms with van der Waals surface area (Å²) in [5, 5.41) is 9.74. The van der Waals surface area contributed by atoms with Crippen molar-refractivity contribution in [2.75, 3.05) is 19.6 Å². The van der Waals surface area contributed by atoms with Gasteiger partial charge in [0.1, 0.15) is 0 Å². The maximum Gasteiger partial charge on any atom is 0.0874 e. The highest BCUT2D eigenvalue weighted by atomic mass is 15.1. The van der Waals surface area contributed by atoms with Gasteiger partial charge in [-0.25, -0.2) is 0 Å². The van der Waals surface area contributed by atoms with Crippen LogP contribution in [0.25, 0.3) is 0 Å². The molecule has 0 radical (unpaired) electrons. The molecule has 2 nitrogen and oxygen atoms in total. The highest BCUT2D eigenvalue weighted by Gasteiger charge is 2.45. The zero-order valence-electron chi connectivity index (χ0n) is 10.1. The van der Waals surface area contributed by atoms with Crippen molar-refractivity contribution in [3.05, 3.63) is 35.9 Å². The molecule has 88 valence electrons. The predicted molar refractivity (Wildman–Crippen MR) is 67.5 cm³/mol. The summed E-state index contributed by atoms with van der Waals surface area (Å²) in [6.45, 7) is 3.42. The summed E-state index contributed by atoms with van der Waals surface area (Å²) in [7, 11) is 0. The van der Waals surface area contributed by atoms with Crippen LogP contribution in [0, 0.1) is 17.2 Å². The summed E-state index contributed by atoms with van der Waals surface area (Å²) in [4.78, 5) is 2.52. The van der Waals surface area contributed by atoms with E-state index < -0.39 is 0 Å². The van der Waals surface area contributed by atoms with E-state index in [1.54, 1.807) is 0 Å². The highest BCUT2D eigenvalue weighted by Crippen LogP contribution is 2.43. The van der Waals surface area contributed by atoms with Crippen molar-refractivity contribution >= 4 is 0 Å². The molecule has 17 heavy (non-hydrogen) atoms. The lowest BCUT2D eigenvalue weighted by Gasteiger charge is -2.47. The average Bonchev–Trinajstić information content (AvgIpc) is 2.41. The molecule has 3 unspecified atom stereocenters. The van der Waals surface area contributed by atoms with Crippen molar-refractivity contribution in [1.82, 2.24) is 4.90 Å². The van der Waals surface area contributed by atoms with E-state index in [4.69, 9.17) is 0 Å². The van der Waals surface area contributed by atoms with Gasteiger partial charge in [0, 0.05) is 13.1 Å². The summed E-state index contributed by atoms with van der Waals surface area (Å²) in [6, 6.07) is 13.1. The van der Waals surface area contributed by atoms with Gasteiger partial charge in [0.05, 0.1) is 11.5 Å². The molecule has 1 aromatic rings. The molecular weight excluding hydrogens is 208 g/mol. The Morgan fingerprint density at radius 2 is 2.06 bits per heavy atom. The van der Waals surface area contributed by atoms with E-state index in [9.17, 15) is 5.26 Å². The third-order valence-corrected chi connectivity index (χ3v) is 4.51. The first-order chi connectivity index (χ1) is 8.35. The van der Waals surface area contributed by atoms with Crippen LogP contribution in [0.4, 0.5) is 0 Å². The molecule has 3 atom stereocenters. The molecule has 0 aliphatic carbocycles. The molecule has 0 amide bonds. The second-order valence-corrected chi connectivity index (χ2v) is 5.34. The minimum atomic E-state index is -0.224. The van der Waals surface area contributed by atoms with Crippen molar-refractivity contribution in [3.63, 3.8) is 0 Å². The summed E-state index contributed by atoms with van der Waals surface area (Å²) < 4.78 is 0. The van der Waals surface area contributed by atoms with Gasteiger partial charge in [0.25, 0.3) is 0 Å². The van der Waals surface area contributed by atoms with Crippen LogP contribution in [0.2, 0.25) is 0 Å². The highest BCUT2D eigenvalue weighted by molar-refractivity contribution is 5.35. The van der Waals surface area contributed by atoms with Gasteiger partial charge in [0.15, 0.2) is 0 Å². The van der Waals surface area contributed by atoms with E-state index in [0.717, 1.165) is 19.5 Å². The number of nitrogens with zero attached hydrogens (tertiary/aromatic N) is 2. The van der Waals surface area contributed by atoms with E-state index in [2.05, 4.69) is 35.2 Å². The fraction of sp³-hybridized carbons (Fsp3) is 0.533. The second-order valence-electron chi connectivity index (χ2n) is 5.34. The lowest BCUT2D eigenvalue weighted by molar-refractivity contribution is 0.0757. The molecule has 2 heterocycles. The summed E-state index contributed by atoms with van der Waals surface area (Å²) in [5.41, 5.74) is 1.01. The van der Waals surface area contributed by atoms with Crippen LogP contribution in [-0.4, -0.2) is 24.5 Å². The van der Waals surface area contributed by atoms with Crippen LogP contribution in [0.1, 0.15) is 24.8 Å². The Hall–Kier alpha value is -1.33. The molecule has 2 heteroatoms. The fourth-order valence-electron chi connectivity index (χ4n) is 3.53. The Morgan fingerprint density at radius 1 is 1.24 bits per heavy atom. The van der Waals surface area contributed by atoms with Crippen molar-refractivity contribution in [3.8, 4) is 6.07 Å². The molecule has 2 aliphatic rings. The third-order valence-electron chi connectivity index (χ3n) is 4.51. The summed E-state index contributed by atoms with van der Waals surface area (Å²) >= 11 is 0. The van der Waals surface area contributed by atoms with E-state index in [-0.39, 0.29) is 5.41 Å². The zero-order valence-corrected chi connectivity index (χ0v) is 10.1. The normalized spacial score (nSPS) is 36.2. The molecule has 2 saturated heterocycles. The standard InChI is InChI=1S/C15H18N2/c16-12-15(13-5-2-1-3-6-13)8-10-17-9-4-7-14(15)11-17/h1-3,5-6,14H,4,7-11H2. The minimum absolute atomic E-state index is 0.224. The van der Waals surface area contributed by atoms with Gasteiger partial charge in [0.2, 0.25) is 0 Å². The Kier molecular flexibility index (Phi) is 2.64. The van der Waals surface area contributed by atoms with Crippen molar-refractivity contribution < 1.29 is 0 Å². The third kappa shape index (κ3) is 1.66. The van der Waals surface area contributed by atoms with Crippen LogP contribution in [-0.2, 0) is 5.41 Å². The maximum absolute atomic E-state index is 9.74. The Morgan fingerprint density at radius 3 is 2.82 bits per heavy atom. The summed E-state index contributed by atoms with van der Waals surface area (Å²) in [5.74, 6) is 0.525. The first-order valence-electron chi connectivity index (χ1n) is 6.54. The number of fused-ring (bicyclic) bond motifs is 2. The van der Waals surface area contributed by atoms with Crippen molar-refractivity contribution in [2.45, 2.75) is 24.7 Å². The monoisotopic (exact) mass is 226 g/mol. The molecule has 0 N–H and O–H groups in total. The SMILES string of the molecule is N#CC1(c2ccccc2)CCN2CCCC1C2. The molecule has 1 aromatic carbocycles. The van der Waals surface area contributed by atoms with E-state index in [1.165, 1.54) is 24.9 Å². The van der Waals surface area contributed by atoms with Gasteiger partial charge in [-0.1, -0.05) is 30.3 Å². The van der Waals surface area contributed by atoms with Crippen LogP contribution in [0.3, 0.4) is 0 Å². The molecule has 2 aliphatic heterocycles. The van der Waals surface area contributed by atoms with Gasteiger partial charge in [-0.3, -0.25) is 0 Å². The van der Waals surface area contributed by atoms with Crippen LogP contribution in [0.15, 0.2) is 30.3 Å². The number of hydrogen-bond donors (Lipinski definition) is 0. The quantitative estimate of drug-likeness (QED) is 0.736. The average molecular weight is 226 g/mol. The van der Waals surface area contributed by atoms with Crippen molar-refractivity contribution in [1.29, 1.82) is 5.26 Å². The van der Waals surface area contributed by atoms with Gasteiger partial charge in [-0.15, -0.1) is 0 Å². The summed E-state index contributed by atoms with van der Waals surface area (Å²) in [6.07, 6.45) is 3.46. The predicted octanol–water partition coefficient (Wildman–Crippen LogP) is 2.56. The van der Waals surface area contributed by atoms with Gasteiger partial charge in [-0.05, 0) is 37.3 Å². The Labute approximate surface area is 103 Å². The lowest BCUT2D eigenvalue weighted by atomic mass is 9.64. The first kappa shape index (κ1) is 10.8. The number of benzene rings is 1. The van der Waals surface area contributed by atoms with E-state index in [1.807, 2.05) is 6.07 Å². The van der Waals surface area contributed by atoms with E-state index >= 15 is 0 Å². The van der Waals surface area contributed by atoms with Gasteiger partial charge >= 0.3 is 0 Å². The Balaban J connectivity index is 2.00. The molecule has 0 spiro atoms. The number of piperidine rings is 2. The second kappa shape index (κ2) is 4.16. The first-order valence-corrected chi connectivity index (χ1v) is 6.54. The van der Waals surface area contributed by atoms with Gasteiger partial charge < -0.3 is 4.90 Å². The van der Waals surface area contributed by atoms with Crippen molar-refractivity contribution in [2.24, 2.45) is 5.92 Å². The topological polar surface area (TPSA) is 27.0 Å². The number of nitriles is 1. The van der Waals surface area contributed by atoms with Crippen LogP contribution in [0.5, 0.6) is 0 Å². The van der Waals surface area contributed by atoms with E-state index in [0.29, 0.717) is 5.92 Å². The zero-order chi connectivity index (χ0) is 11.7. The number of hydrogen-bond acceptors (Lipinski definition) is 2. The van der Waals surface area contributed by atoms with Crippen LogP contribution >= 0.6 is 0 Å². The lowest BCUT2D eigenvalue weighted by Crippen LogP contribution is -2.52. The van der Waals surface area contributed by atoms with Gasteiger partial charge in [-0.2, -0.15) is 5.26 Å². The smallest absolute Gasteiger partial charge is 0.0874 e.